The maximum atomic E-state index is 11.2. The fourth-order valence-corrected chi connectivity index (χ4v) is 3.70. The molecule has 1 saturated heterocycles. The monoisotopic (exact) mass is 481 g/mol. The summed E-state index contributed by atoms with van der Waals surface area (Å²) in [4.78, 5) is 2.28. The lowest BCUT2D eigenvalue weighted by molar-refractivity contribution is -0.0190. The minimum absolute atomic E-state index is 0.00683. The zero-order chi connectivity index (χ0) is 25.0. The van der Waals surface area contributed by atoms with Crippen LogP contribution in [0.15, 0.2) is 12.1 Å². The molecule has 0 aliphatic carbocycles. The van der Waals surface area contributed by atoms with E-state index in [4.69, 9.17) is 23.7 Å². The van der Waals surface area contributed by atoms with Gasteiger partial charge in [0.25, 0.3) is 0 Å². The van der Waals surface area contributed by atoms with Crippen LogP contribution in [0.25, 0.3) is 0 Å². The van der Waals surface area contributed by atoms with Gasteiger partial charge in [0, 0.05) is 25.2 Å². The van der Waals surface area contributed by atoms with E-state index in [-0.39, 0.29) is 10.8 Å². The lowest BCUT2D eigenvalue weighted by atomic mass is 9.79. The molecule has 0 radical (unpaired) electrons. The smallest absolute Gasteiger partial charge is 0.123 e. The van der Waals surface area contributed by atoms with Crippen molar-refractivity contribution >= 4 is 0 Å². The van der Waals surface area contributed by atoms with Crippen molar-refractivity contribution in [1.82, 2.24) is 4.90 Å². The van der Waals surface area contributed by atoms with Crippen molar-refractivity contribution in [2.24, 2.45) is 0 Å². The number of rotatable bonds is 2. The Bertz CT molecular complexity index is 692. The first-order valence-corrected chi connectivity index (χ1v) is 12.6. The van der Waals surface area contributed by atoms with E-state index < -0.39 is 0 Å². The third-order valence-electron chi connectivity index (χ3n) is 5.85. The van der Waals surface area contributed by atoms with Crippen LogP contribution in [0.3, 0.4) is 0 Å². The Morgan fingerprint density at radius 2 is 1.06 bits per heavy atom. The standard InChI is InChI=1S/C27H47NO6/c1-26(2,3)23-19-22(25(29)24(20-23)27(4,5)6)21-28-7-9-30-11-13-32-15-17-34-18-16-33-14-12-31-10-8-28/h19-20,29H,7-18,21H2,1-6H3. The van der Waals surface area contributed by atoms with Gasteiger partial charge in [0.05, 0.1) is 66.1 Å². The molecule has 1 fully saturated rings. The quantitative estimate of drug-likeness (QED) is 0.687. The molecule has 1 N–H and O–H groups in total. The van der Waals surface area contributed by atoms with Gasteiger partial charge in [-0.1, -0.05) is 53.7 Å². The number of phenolic OH excluding ortho intramolecular Hbond substituents is 1. The fourth-order valence-electron chi connectivity index (χ4n) is 3.70. The van der Waals surface area contributed by atoms with Gasteiger partial charge in [0.2, 0.25) is 0 Å². The van der Waals surface area contributed by atoms with Gasteiger partial charge in [-0.2, -0.15) is 0 Å². The van der Waals surface area contributed by atoms with E-state index in [2.05, 4.69) is 58.6 Å². The van der Waals surface area contributed by atoms with Crippen molar-refractivity contribution in [3.05, 3.63) is 28.8 Å². The fraction of sp³-hybridized carbons (Fsp3) is 0.778. The van der Waals surface area contributed by atoms with Crippen LogP contribution >= 0.6 is 0 Å². The maximum absolute atomic E-state index is 11.2. The number of aromatic hydroxyl groups is 1. The van der Waals surface area contributed by atoms with Crippen LogP contribution in [-0.2, 0) is 41.1 Å². The van der Waals surface area contributed by atoms with Crippen LogP contribution in [-0.4, -0.2) is 89.2 Å². The Kier molecular flexibility index (Phi) is 12.3. The molecular weight excluding hydrogens is 434 g/mol. The largest absolute Gasteiger partial charge is 0.507 e. The Hall–Kier alpha value is -1.22. The molecule has 0 amide bonds. The summed E-state index contributed by atoms with van der Waals surface area (Å²) in [5.74, 6) is 0.394. The number of phenols is 1. The number of hydrogen-bond donors (Lipinski definition) is 1. The highest BCUT2D eigenvalue weighted by atomic mass is 16.6. The molecular formula is C27H47NO6. The second-order valence-electron chi connectivity index (χ2n) is 10.9. The van der Waals surface area contributed by atoms with E-state index in [9.17, 15) is 5.11 Å². The highest BCUT2D eigenvalue weighted by molar-refractivity contribution is 5.48. The summed E-state index contributed by atoms with van der Waals surface area (Å²) < 4.78 is 28.2. The lowest BCUT2D eigenvalue weighted by Crippen LogP contribution is -2.32. The molecule has 7 heteroatoms. The van der Waals surface area contributed by atoms with Gasteiger partial charge in [-0.3, -0.25) is 4.90 Å². The van der Waals surface area contributed by atoms with E-state index in [1.165, 1.54) is 5.56 Å². The number of hydrogen-bond acceptors (Lipinski definition) is 7. The van der Waals surface area contributed by atoms with Crippen LogP contribution in [0, 0.1) is 0 Å². The minimum atomic E-state index is -0.148. The minimum Gasteiger partial charge on any atom is -0.507 e. The molecule has 2 rings (SSSR count). The summed E-state index contributed by atoms with van der Waals surface area (Å²) in [6, 6.07) is 4.32. The average molecular weight is 482 g/mol. The second-order valence-corrected chi connectivity index (χ2v) is 10.9. The number of benzene rings is 1. The van der Waals surface area contributed by atoms with E-state index in [0.29, 0.717) is 78.4 Å². The molecule has 1 heterocycles. The van der Waals surface area contributed by atoms with Gasteiger partial charge in [0.15, 0.2) is 0 Å². The molecule has 1 aromatic carbocycles. The average Bonchev–Trinajstić information content (AvgIpc) is 2.74. The molecule has 0 unspecified atom stereocenters. The molecule has 0 bridgehead atoms. The normalized spacial score (nSPS) is 19.9. The molecule has 1 aliphatic heterocycles. The van der Waals surface area contributed by atoms with Crippen LogP contribution in [0.1, 0.15) is 58.2 Å². The summed E-state index contributed by atoms with van der Waals surface area (Å²) >= 11 is 0. The van der Waals surface area contributed by atoms with Gasteiger partial charge >= 0.3 is 0 Å². The third-order valence-corrected chi connectivity index (χ3v) is 5.85. The van der Waals surface area contributed by atoms with Gasteiger partial charge < -0.3 is 28.8 Å². The van der Waals surface area contributed by atoms with Crippen LogP contribution in [0.4, 0.5) is 0 Å². The Morgan fingerprint density at radius 1 is 0.647 bits per heavy atom. The van der Waals surface area contributed by atoms with Crippen molar-refractivity contribution in [3.63, 3.8) is 0 Å². The Morgan fingerprint density at radius 3 is 1.44 bits per heavy atom. The molecule has 0 spiro atoms. The van der Waals surface area contributed by atoms with Crippen molar-refractivity contribution in [1.29, 1.82) is 0 Å². The summed E-state index contributed by atoms with van der Waals surface area (Å²) in [6.45, 7) is 20.8. The van der Waals surface area contributed by atoms with Crippen molar-refractivity contribution in [2.75, 3.05) is 79.2 Å². The first-order valence-electron chi connectivity index (χ1n) is 12.6. The summed E-state index contributed by atoms with van der Waals surface area (Å²) in [5, 5.41) is 11.2. The van der Waals surface area contributed by atoms with Crippen molar-refractivity contribution in [3.8, 4) is 5.75 Å². The number of ether oxygens (including phenoxy) is 5. The molecule has 0 atom stereocenters. The summed E-state index contributed by atoms with van der Waals surface area (Å²) in [5.41, 5.74) is 3.02. The van der Waals surface area contributed by atoms with E-state index in [1.54, 1.807) is 0 Å². The Balaban J connectivity index is 2.11. The van der Waals surface area contributed by atoms with Gasteiger partial charge in [-0.25, -0.2) is 0 Å². The zero-order valence-electron chi connectivity index (χ0n) is 22.3. The molecule has 196 valence electrons. The van der Waals surface area contributed by atoms with Crippen LogP contribution < -0.4 is 0 Å². The summed E-state index contributed by atoms with van der Waals surface area (Å²) in [7, 11) is 0. The molecule has 7 nitrogen and oxygen atoms in total. The van der Waals surface area contributed by atoms with Gasteiger partial charge in [0.1, 0.15) is 5.75 Å². The number of nitrogens with zero attached hydrogens (tertiary/aromatic N) is 1. The van der Waals surface area contributed by atoms with Crippen molar-refractivity contribution < 1.29 is 28.8 Å². The predicted octanol–water partition coefficient (Wildman–Crippen LogP) is 3.89. The zero-order valence-corrected chi connectivity index (χ0v) is 22.3. The topological polar surface area (TPSA) is 69.6 Å². The highest BCUT2D eigenvalue weighted by Gasteiger charge is 2.25. The van der Waals surface area contributed by atoms with Gasteiger partial charge in [-0.15, -0.1) is 0 Å². The summed E-state index contributed by atoms with van der Waals surface area (Å²) in [6.07, 6.45) is 0. The van der Waals surface area contributed by atoms with Crippen LogP contribution in [0.2, 0.25) is 0 Å². The van der Waals surface area contributed by atoms with Crippen LogP contribution in [0.5, 0.6) is 5.75 Å². The Labute approximate surface area is 206 Å². The SMILES string of the molecule is CC(C)(C)c1cc(CN2CCOCCOCCOCCOCCOCC2)c(O)c(C(C)(C)C)c1. The second kappa shape index (κ2) is 14.4. The van der Waals surface area contributed by atoms with E-state index in [1.807, 2.05) is 0 Å². The maximum Gasteiger partial charge on any atom is 0.123 e. The molecule has 34 heavy (non-hydrogen) atoms. The lowest BCUT2D eigenvalue weighted by Gasteiger charge is -2.29. The predicted molar refractivity (Wildman–Crippen MR) is 135 cm³/mol. The van der Waals surface area contributed by atoms with Crippen molar-refractivity contribution in [2.45, 2.75) is 58.9 Å². The third kappa shape index (κ3) is 10.6. The van der Waals surface area contributed by atoms with E-state index >= 15 is 0 Å². The first-order chi connectivity index (χ1) is 16.1. The van der Waals surface area contributed by atoms with Gasteiger partial charge in [-0.05, 0) is 22.0 Å². The molecule has 1 aromatic rings. The molecule has 0 aromatic heterocycles. The molecule has 0 saturated carbocycles. The highest BCUT2D eigenvalue weighted by Crippen LogP contribution is 2.38. The molecule has 1 aliphatic rings. The first kappa shape index (κ1) is 29.0. The van der Waals surface area contributed by atoms with E-state index in [0.717, 1.165) is 24.2 Å².